The van der Waals surface area contributed by atoms with Gasteiger partial charge in [0.05, 0.1) is 34.2 Å². The molecule has 17 heteroatoms. The molecule has 10 heterocycles. The van der Waals surface area contributed by atoms with E-state index in [1.54, 1.807) is 0 Å². The summed E-state index contributed by atoms with van der Waals surface area (Å²) in [5.41, 5.74) is 19.1. The van der Waals surface area contributed by atoms with Crippen LogP contribution in [0.2, 0.25) is 0 Å². The van der Waals surface area contributed by atoms with Gasteiger partial charge in [0, 0.05) is 136 Å². The van der Waals surface area contributed by atoms with Gasteiger partial charge >= 0.3 is 63.2 Å². The Morgan fingerprint density at radius 2 is 0.453 bits per heavy atom. The molecule has 0 amide bonds. The number of nitrogens with zero attached hydrogens (tertiary/aromatic N) is 14. The van der Waals surface area contributed by atoms with Crippen LogP contribution in [0, 0.1) is 24.3 Å². The van der Waals surface area contributed by atoms with Crippen LogP contribution in [0.3, 0.4) is 0 Å². The molecule has 2 aliphatic rings. The van der Waals surface area contributed by atoms with Crippen molar-refractivity contribution in [1.29, 1.82) is 0 Å². The van der Waals surface area contributed by atoms with Gasteiger partial charge in [-0.3, -0.25) is 0 Å². The first-order chi connectivity index (χ1) is 68.8. The van der Waals surface area contributed by atoms with Crippen molar-refractivity contribution in [2.75, 3.05) is 0 Å². The van der Waals surface area contributed by atoms with Crippen molar-refractivity contribution in [2.24, 2.45) is 0 Å². The van der Waals surface area contributed by atoms with E-state index in [-0.39, 0.29) is 68.6 Å². The summed E-state index contributed by atoms with van der Waals surface area (Å²) in [5, 5.41) is 4.57. The van der Waals surface area contributed by atoms with Crippen LogP contribution in [0.25, 0.3) is 55.7 Å². The number of para-hydroxylation sites is 6. The topological polar surface area (TPSA) is 135 Å². The molecule has 20 aromatic rings. The van der Waals surface area contributed by atoms with Crippen LogP contribution in [0.1, 0.15) is 304 Å². The van der Waals surface area contributed by atoms with Crippen molar-refractivity contribution in [3.8, 4) is 34.1 Å². The number of fused-ring (bicyclic) bond motifs is 18. The van der Waals surface area contributed by atoms with Gasteiger partial charge in [0.2, 0.25) is 0 Å². The second kappa shape index (κ2) is 39.5. The van der Waals surface area contributed by atoms with Gasteiger partial charge in [0.1, 0.15) is 34.9 Å². The Kier molecular flexibility index (Phi) is 28.4. The monoisotopic (exact) mass is 2490 g/mol. The van der Waals surface area contributed by atoms with Crippen LogP contribution < -0.4 is 9.97 Å². The van der Waals surface area contributed by atoms with Crippen LogP contribution in [0.15, 0.2) is 347 Å². The molecule has 0 spiro atoms. The summed E-state index contributed by atoms with van der Waals surface area (Å²) in [5.74, 6) is 5.86. The van der Waals surface area contributed by atoms with E-state index in [0.717, 1.165) is 186 Å². The van der Waals surface area contributed by atoms with E-state index < -0.39 is 59.6 Å². The van der Waals surface area contributed by atoms with Gasteiger partial charge in [-0.25, -0.2) is 29.9 Å². The van der Waals surface area contributed by atoms with E-state index >= 15 is 0 Å². The average molecular weight is 2490 g/mol. The van der Waals surface area contributed by atoms with Crippen molar-refractivity contribution < 1.29 is 63.2 Å². The molecular formula is C131H132N14Pt3. The Morgan fingerprint density at radius 3 is 0.736 bits per heavy atom. The van der Waals surface area contributed by atoms with Crippen LogP contribution in [-0.4, -0.2) is 57.3 Å². The van der Waals surface area contributed by atoms with Crippen molar-refractivity contribution >= 4 is 21.5 Å². The average Bonchev–Trinajstić information content (AvgIpc) is 1.56. The molecule has 0 radical (unpaired) electrons. The predicted octanol–water partition coefficient (Wildman–Crippen LogP) is 29.1. The Bertz CT molecular complexity index is 7890. The molecule has 12 aromatic carbocycles. The van der Waals surface area contributed by atoms with Crippen molar-refractivity contribution in [3.05, 3.63) is 502 Å². The van der Waals surface area contributed by atoms with E-state index in [9.17, 15) is 0 Å². The van der Waals surface area contributed by atoms with Crippen LogP contribution in [0.4, 0.5) is 0 Å². The largest absolute Gasteiger partial charge is 2.00 e. The fourth-order valence-corrected chi connectivity index (χ4v) is 21.3. The van der Waals surface area contributed by atoms with Gasteiger partial charge in [-0.15, -0.1) is 39.3 Å². The third-order valence-electron chi connectivity index (χ3n) is 31.3. The fourth-order valence-electron chi connectivity index (χ4n) is 21.3. The van der Waals surface area contributed by atoms with E-state index in [4.69, 9.17) is 39.9 Å². The molecular weight excluding hydrogens is 2350 g/mol. The van der Waals surface area contributed by atoms with Crippen molar-refractivity contribution in [3.63, 3.8) is 0 Å². The van der Waals surface area contributed by atoms with E-state index in [1.165, 1.54) is 0 Å². The summed E-state index contributed by atoms with van der Waals surface area (Å²) < 4.78 is 13.6. The molecule has 0 unspecified atom stereocenters. The third kappa shape index (κ3) is 18.7. The number of imidazole rings is 6. The molecule has 8 aromatic heterocycles. The molecule has 0 saturated carbocycles. The van der Waals surface area contributed by atoms with Gasteiger partial charge in [0.15, 0.2) is 0 Å². The molecule has 0 fully saturated rings. The molecule has 0 saturated heterocycles. The Labute approximate surface area is 918 Å². The zero-order valence-electron chi connectivity index (χ0n) is 89.6. The van der Waals surface area contributed by atoms with Crippen molar-refractivity contribution in [2.45, 2.75) is 238 Å². The van der Waals surface area contributed by atoms with E-state index in [0.29, 0.717) is 0 Å². The Balaban J connectivity index is 0.000000150. The first-order valence-electron chi connectivity index (χ1n) is 51.0. The quantitative estimate of drug-likeness (QED) is 0.110. The second-order valence-corrected chi connectivity index (χ2v) is 46.5. The molecule has 0 N–H and O–H groups in total. The minimum atomic E-state index is -0.584. The maximum absolute atomic E-state index is 5.64. The van der Waals surface area contributed by atoms with Gasteiger partial charge in [-0.05, 0) is 94.3 Å². The normalized spacial score (nSPS) is 15.5. The van der Waals surface area contributed by atoms with Gasteiger partial charge < -0.3 is 37.4 Å². The van der Waals surface area contributed by atoms with Crippen molar-refractivity contribution in [1.82, 2.24) is 67.3 Å². The summed E-state index contributed by atoms with van der Waals surface area (Å²) in [7, 11) is 0. The zero-order chi connectivity index (χ0) is 102. The Hall–Kier alpha value is -13.0. The van der Waals surface area contributed by atoms with Gasteiger partial charge in [-0.2, -0.15) is 126 Å². The summed E-state index contributed by atoms with van der Waals surface area (Å²) in [6.07, 6.45) is 15.3. The van der Waals surface area contributed by atoms with E-state index in [1.807, 2.05) is 6.20 Å². The molecule has 22 rings (SSSR count). The molecule has 14 nitrogen and oxygen atoms in total. The number of rotatable bonds is 12. The van der Waals surface area contributed by atoms with Gasteiger partial charge in [-0.1, -0.05) is 331 Å². The maximum Gasteiger partial charge on any atom is 2.00 e. The minimum Gasteiger partial charge on any atom is -0.666 e. The first-order valence-corrected chi connectivity index (χ1v) is 51.0. The smallest absolute Gasteiger partial charge is 0.666 e. The molecule has 0 aliphatic carbocycles. The summed E-state index contributed by atoms with van der Waals surface area (Å²) in [6.45, 7) is 56.3. The third-order valence-corrected chi connectivity index (χ3v) is 31.3. The maximum atomic E-state index is 5.64. The molecule has 148 heavy (non-hydrogen) atoms. The van der Waals surface area contributed by atoms with Gasteiger partial charge in [0.25, 0.3) is 0 Å². The van der Waals surface area contributed by atoms with Crippen LogP contribution in [0.5, 0.6) is 0 Å². The summed E-state index contributed by atoms with van der Waals surface area (Å²) in [4.78, 5) is 43.4. The van der Waals surface area contributed by atoms with E-state index in [2.05, 4.69) is 565 Å². The minimum absolute atomic E-state index is 0. The fraction of sp³-hybridized carbons (Fsp3) is 0.282. The summed E-state index contributed by atoms with van der Waals surface area (Å²) in [6, 6.07) is 122. The molecule has 0 atom stereocenters. The molecule has 756 valence electrons. The zero-order valence-corrected chi connectivity index (χ0v) is 96.4. The molecule has 2 aliphatic heterocycles. The molecule has 16 bridgehead atoms. The first kappa shape index (κ1) is 106. The number of hydrogen-bond acceptors (Lipinski definition) is 6. The number of aromatic nitrogens is 14. The van der Waals surface area contributed by atoms with Crippen LogP contribution in [-0.2, 0) is 128 Å². The second-order valence-electron chi connectivity index (χ2n) is 46.5. The van der Waals surface area contributed by atoms with Crippen LogP contribution >= 0.6 is 0 Å². The standard InChI is InChI=1S/C47H48N6.2C42H42N4.3Pt/c1-44(2,3)42-49-38(29-52(42)32-21-12-10-13-22-32)46(6,7)40-35-26-18-19-27-36(35)41(51-40)47(8,9)43-50-37(30-53(43)33-23-14-11-15-24-33)45(4,5)39-34-25-17-16-20-31(34)28-48-39;1-39(2)29-17-15-19-31(25-29)41(5,6)38-44-36(28-46(38)34-23-13-10-14-24-34)40(3,4)30-18-16-20-32(26-30)42(7,8)37-43-35(39)27-45(37)33-21-11-9-12-22-33;1-39(2)29-17-15-18-30(25-29)40(3,4)36-28-46(34-23-13-10-14-24-34)38(44-36)42(7,8)32-20-16-19-31(26-32)41(5,6)37-43-35(39)27-45(37)33-21-11-9-12-22-33;;;/h10-30H,1-9H3;2*9-24,27-28H,1-8H3;;;/q3*-2;3*+2. The number of benzene rings is 12. The number of hydrogen-bond donors (Lipinski definition) is 0. The Morgan fingerprint density at radius 1 is 0.223 bits per heavy atom. The summed E-state index contributed by atoms with van der Waals surface area (Å²) >= 11 is 0. The predicted molar refractivity (Wildman–Crippen MR) is 589 cm³/mol. The SMILES string of the molecule is CC(C)(C)c1nc(C(C)(C)c2[n-]c(C(C)(C)c3nc(C(C)(C)c4[n-]cc5ccccc45)cn3-c3ccccc3)c3ccccc23)cn1-c1ccccc1.CC1(C)c2[c-]c(ccc2)C(C)(C)c2cn(-c3ccccc3)c(n2)C(C)(C)c2[c-]c(ccc2)C(C)(C)c2nc1cn2-c1ccccc1.CC1(C)c2[c-]c(ccc2)C(C)(C)c2nc(cn2-c2ccccc2)C(C)(C)c2[c-]c(ccc2)C(C)(C)c2nc1cn2-c1ccccc1.[Pt+2].[Pt+2].[Pt+2].